The molecule has 0 spiro atoms. The molecule has 3 rings (SSSR count). The van der Waals surface area contributed by atoms with E-state index in [1.54, 1.807) is 0 Å². The first-order chi connectivity index (χ1) is 8.33. The van der Waals surface area contributed by atoms with E-state index in [-0.39, 0.29) is 0 Å². The number of aryl methyl sites for hydroxylation is 1. The van der Waals surface area contributed by atoms with E-state index in [2.05, 4.69) is 39.4 Å². The van der Waals surface area contributed by atoms with E-state index in [9.17, 15) is 0 Å². The highest BCUT2D eigenvalue weighted by molar-refractivity contribution is 9.10. The highest BCUT2D eigenvalue weighted by atomic mass is 79.9. The number of ether oxygens (including phenoxy) is 1. The van der Waals surface area contributed by atoms with E-state index in [0.717, 1.165) is 13.2 Å². The molecule has 17 heavy (non-hydrogen) atoms. The van der Waals surface area contributed by atoms with Crippen LogP contribution in [0.3, 0.4) is 0 Å². The summed E-state index contributed by atoms with van der Waals surface area (Å²) in [4.78, 5) is 0. The number of nitrogens with one attached hydrogen (secondary N) is 1. The minimum atomic E-state index is 0.532. The Hall–Kier alpha value is -0.380. The molecular formula is C14H18BrNO. The van der Waals surface area contributed by atoms with Crippen molar-refractivity contribution in [3.05, 3.63) is 33.8 Å². The molecule has 0 amide bonds. The summed E-state index contributed by atoms with van der Waals surface area (Å²) in [6, 6.07) is 7.74. The fourth-order valence-corrected chi connectivity index (χ4v) is 3.32. The maximum atomic E-state index is 5.53. The first-order valence-corrected chi connectivity index (χ1v) is 7.24. The molecule has 1 aliphatic carbocycles. The van der Waals surface area contributed by atoms with Gasteiger partial charge in [-0.2, -0.15) is 0 Å². The van der Waals surface area contributed by atoms with E-state index in [1.165, 1.54) is 41.3 Å². The van der Waals surface area contributed by atoms with E-state index < -0.39 is 0 Å². The quantitative estimate of drug-likeness (QED) is 0.905. The Balaban J connectivity index is 1.70. The summed E-state index contributed by atoms with van der Waals surface area (Å²) in [5.41, 5.74) is 2.98. The second-order valence-corrected chi connectivity index (χ2v) is 5.93. The number of rotatable bonds is 2. The number of benzene rings is 1. The molecule has 0 bridgehead atoms. The van der Waals surface area contributed by atoms with E-state index in [4.69, 9.17) is 4.74 Å². The third-order valence-corrected chi connectivity index (χ3v) is 4.27. The standard InChI is InChI=1S/C14H18BrNO/c15-11-4-5-13-10(8-11)3-6-14(13)16-12-2-1-7-17-9-12/h4-5,8,12,14,16H,1-3,6-7,9H2. The SMILES string of the molecule is Brc1ccc2c(c1)CCC2NC1CCCOC1. The summed E-state index contributed by atoms with van der Waals surface area (Å²) in [6.07, 6.45) is 4.86. The van der Waals surface area contributed by atoms with Gasteiger partial charge in [-0.05, 0) is 48.9 Å². The van der Waals surface area contributed by atoms with Crippen LogP contribution in [0.1, 0.15) is 36.4 Å². The van der Waals surface area contributed by atoms with Crippen molar-refractivity contribution in [3.63, 3.8) is 0 Å². The Morgan fingerprint density at radius 1 is 1.29 bits per heavy atom. The molecule has 1 aromatic rings. The number of halogens is 1. The first kappa shape index (κ1) is 11.7. The molecule has 1 saturated heterocycles. The van der Waals surface area contributed by atoms with Crippen LogP contribution < -0.4 is 5.32 Å². The van der Waals surface area contributed by atoms with Crippen LogP contribution in [0.2, 0.25) is 0 Å². The summed E-state index contributed by atoms with van der Waals surface area (Å²) in [6.45, 7) is 1.81. The van der Waals surface area contributed by atoms with Gasteiger partial charge >= 0.3 is 0 Å². The average Bonchev–Trinajstić information content (AvgIpc) is 2.73. The van der Waals surface area contributed by atoms with Gasteiger partial charge in [-0.3, -0.25) is 0 Å². The Kier molecular flexibility index (Phi) is 3.50. The van der Waals surface area contributed by atoms with Crippen molar-refractivity contribution in [2.24, 2.45) is 0 Å². The molecule has 92 valence electrons. The van der Waals surface area contributed by atoms with Gasteiger partial charge in [-0.15, -0.1) is 0 Å². The molecule has 1 aromatic carbocycles. The molecule has 3 heteroatoms. The molecule has 2 atom stereocenters. The van der Waals surface area contributed by atoms with Crippen LogP contribution >= 0.6 is 15.9 Å². The van der Waals surface area contributed by atoms with Crippen LogP contribution in [0, 0.1) is 0 Å². The van der Waals surface area contributed by atoms with Gasteiger partial charge in [0.05, 0.1) is 6.61 Å². The lowest BCUT2D eigenvalue weighted by molar-refractivity contribution is 0.0663. The molecule has 1 aliphatic heterocycles. The second kappa shape index (κ2) is 5.09. The van der Waals surface area contributed by atoms with Crippen LogP contribution in [0.4, 0.5) is 0 Å². The largest absolute Gasteiger partial charge is 0.380 e. The lowest BCUT2D eigenvalue weighted by Gasteiger charge is -2.27. The van der Waals surface area contributed by atoms with Crippen LogP contribution in [-0.4, -0.2) is 19.3 Å². The smallest absolute Gasteiger partial charge is 0.0619 e. The molecule has 1 fully saturated rings. The summed E-state index contributed by atoms with van der Waals surface area (Å²) < 4.78 is 6.72. The number of hydrogen-bond acceptors (Lipinski definition) is 2. The minimum absolute atomic E-state index is 0.532. The molecule has 0 saturated carbocycles. The molecule has 2 nitrogen and oxygen atoms in total. The summed E-state index contributed by atoms with van der Waals surface area (Å²) in [5, 5.41) is 3.75. The third kappa shape index (κ3) is 2.56. The maximum Gasteiger partial charge on any atom is 0.0619 e. The van der Waals surface area contributed by atoms with Gasteiger partial charge in [0, 0.05) is 23.2 Å². The zero-order valence-corrected chi connectivity index (χ0v) is 11.5. The van der Waals surface area contributed by atoms with Gasteiger partial charge in [0.15, 0.2) is 0 Å². The van der Waals surface area contributed by atoms with Gasteiger partial charge in [0.2, 0.25) is 0 Å². The highest BCUT2D eigenvalue weighted by Crippen LogP contribution is 2.33. The Bertz CT molecular complexity index is 401. The van der Waals surface area contributed by atoms with Crippen LogP contribution in [0.25, 0.3) is 0 Å². The molecule has 1 N–H and O–H groups in total. The average molecular weight is 296 g/mol. The van der Waals surface area contributed by atoms with Gasteiger partial charge in [-0.25, -0.2) is 0 Å². The molecule has 0 radical (unpaired) electrons. The van der Waals surface area contributed by atoms with E-state index in [0.29, 0.717) is 12.1 Å². The Morgan fingerprint density at radius 2 is 2.24 bits per heavy atom. The fraction of sp³-hybridized carbons (Fsp3) is 0.571. The number of hydrogen-bond donors (Lipinski definition) is 1. The highest BCUT2D eigenvalue weighted by Gasteiger charge is 2.25. The molecule has 2 unspecified atom stereocenters. The zero-order chi connectivity index (χ0) is 11.7. The van der Waals surface area contributed by atoms with Crippen molar-refractivity contribution in [1.82, 2.24) is 5.32 Å². The Morgan fingerprint density at radius 3 is 3.06 bits per heavy atom. The van der Waals surface area contributed by atoms with Crippen molar-refractivity contribution < 1.29 is 4.74 Å². The summed E-state index contributed by atoms with van der Waals surface area (Å²) in [7, 11) is 0. The van der Waals surface area contributed by atoms with Crippen molar-refractivity contribution in [3.8, 4) is 0 Å². The predicted octanol–water partition coefficient (Wildman–Crippen LogP) is 3.21. The maximum absolute atomic E-state index is 5.53. The summed E-state index contributed by atoms with van der Waals surface area (Å²) in [5.74, 6) is 0. The van der Waals surface area contributed by atoms with Gasteiger partial charge in [0.25, 0.3) is 0 Å². The third-order valence-electron chi connectivity index (χ3n) is 3.78. The van der Waals surface area contributed by atoms with Gasteiger partial charge in [-0.1, -0.05) is 22.0 Å². The normalized spacial score (nSPS) is 28.1. The lowest BCUT2D eigenvalue weighted by atomic mass is 10.1. The van der Waals surface area contributed by atoms with E-state index >= 15 is 0 Å². The lowest BCUT2D eigenvalue weighted by Crippen LogP contribution is -2.38. The van der Waals surface area contributed by atoms with Crippen molar-refractivity contribution in [1.29, 1.82) is 0 Å². The van der Waals surface area contributed by atoms with Gasteiger partial charge < -0.3 is 10.1 Å². The summed E-state index contributed by atoms with van der Waals surface area (Å²) >= 11 is 3.54. The van der Waals surface area contributed by atoms with Crippen LogP contribution in [0.5, 0.6) is 0 Å². The second-order valence-electron chi connectivity index (χ2n) is 5.02. The van der Waals surface area contributed by atoms with Crippen LogP contribution in [0.15, 0.2) is 22.7 Å². The Labute approximate surface area is 111 Å². The van der Waals surface area contributed by atoms with Crippen LogP contribution in [-0.2, 0) is 11.2 Å². The topological polar surface area (TPSA) is 21.3 Å². The molecule has 2 aliphatic rings. The van der Waals surface area contributed by atoms with E-state index in [1.807, 2.05) is 0 Å². The molecular weight excluding hydrogens is 278 g/mol. The first-order valence-electron chi connectivity index (χ1n) is 6.45. The van der Waals surface area contributed by atoms with Crippen molar-refractivity contribution in [2.75, 3.05) is 13.2 Å². The number of fused-ring (bicyclic) bond motifs is 1. The molecule has 0 aromatic heterocycles. The van der Waals surface area contributed by atoms with Crippen molar-refractivity contribution in [2.45, 2.75) is 37.8 Å². The fourth-order valence-electron chi connectivity index (χ4n) is 2.92. The monoisotopic (exact) mass is 295 g/mol. The zero-order valence-electron chi connectivity index (χ0n) is 9.92. The minimum Gasteiger partial charge on any atom is -0.380 e. The van der Waals surface area contributed by atoms with Crippen molar-refractivity contribution >= 4 is 15.9 Å². The van der Waals surface area contributed by atoms with Gasteiger partial charge in [0.1, 0.15) is 0 Å². The molecule has 1 heterocycles. The predicted molar refractivity (Wildman–Crippen MR) is 72.2 cm³/mol.